The minimum absolute atomic E-state index is 0.480. The zero-order valence-corrected chi connectivity index (χ0v) is 11.6. The quantitative estimate of drug-likeness (QED) is 0.877. The number of nitrogens with one attached hydrogen (secondary N) is 1. The molecule has 1 aliphatic carbocycles. The molecule has 0 spiro atoms. The van der Waals surface area contributed by atoms with Gasteiger partial charge in [0.1, 0.15) is 0 Å². The normalized spacial score (nSPS) is 23.0. The zero-order valence-electron chi connectivity index (χ0n) is 11.6. The van der Waals surface area contributed by atoms with Crippen molar-refractivity contribution < 1.29 is 0 Å². The lowest BCUT2D eigenvalue weighted by atomic mass is 9.90. The SMILES string of the molecule is Cc1ccc(C)c(C2(CN3CCNCC3)CC2)c1. The summed E-state index contributed by atoms with van der Waals surface area (Å²) in [7, 11) is 0. The van der Waals surface area contributed by atoms with E-state index in [-0.39, 0.29) is 0 Å². The minimum atomic E-state index is 0.480. The van der Waals surface area contributed by atoms with Crippen molar-refractivity contribution in [1.29, 1.82) is 0 Å². The molecule has 1 heterocycles. The standard InChI is InChI=1S/C16H24N2/c1-13-3-4-14(2)15(11-13)16(5-6-16)12-18-9-7-17-8-10-18/h3-4,11,17H,5-10,12H2,1-2H3. The number of nitrogens with zero attached hydrogens (tertiary/aromatic N) is 1. The van der Waals surface area contributed by atoms with Crippen molar-refractivity contribution >= 4 is 0 Å². The van der Waals surface area contributed by atoms with Crippen molar-refractivity contribution in [2.45, 2.75) is 32.1 Å². The molecule has 0 bridgehead atoms. The predicted octanol–water partition coefficient (Wildman–Crippen LogP) is 2.24. The van der Waals surface area contributed by atoms with E-state index < -0.39 is 0 Å². The summed E-state index contributed by atoms with van der Waals surface area (Å²) in [5.41, 5.74) is 4.98. The third-order valence-corrected chi connectivity index (χ3v) is 4.55. The number of hydrogen-bond donors (Lipinski definition) is 1. The van der Waals surface area contributed by atoms with E-state index in [0.717, 1.165) is 13.1 Å². The van der Waals surface area contributed by atoms with Crippen molar-refractivity contribution in [3.05, 3.63) is 34.9 Å². The Hall–Kier alpha value is -0.860. The second-order valence-corrected chi connectivity index (χ2v) is 6.12. The average Bonchev–Trinajstić information content (AvgIpc) is 3.14. The molecule has 1 aliphatic heterocycles. The number of benzene rings is 1. The molecule has 0 amide bonds. The highest BCUT2D eigenvalue weighted by atomic mass is 15.2. The van der Waals surface area contributed by atoms with E-state index in [4.69, 9.17) is 0 Å². The van der Waals surface area contributed by atoms with Gasteiger partial charge in [0.25, 0.3) is 0 Å². The lowest BCUT2D eigenvalue weighted by Gasteiger charge is -2.32. The van der Waals surface area contributed by atoms with E-state index in [1.165, 1.54) is 43.6 Å². The van der Waals surface area contributed by atoms with Crippen LogP contribution < -0.4 is 5.32 Å². The molecule has 18 heavy (non-hydrogen) atoms. The number of rotatable bonds is 3. The Morgan fingerprint density at radius 2 is 1.89 bits per heavy atom. The third kappa shape index (κ3) is 2.32. The van der Waals surface area contributed by atoms with Gasteiger partial charge in [0, 0.05) is 38.1 Å². The molecular weight excluding hydrogens is 220 g/mol. The summed E-state index contributed by atoms with van der Waals surface area (Å²) in [5, 5.41) is 3.44. The van der Waals surface area contributed by atoms with Gasteiger partial charge in [-0.3, -0.25) is 4.90 Å². The fraction of sp³-hybridized carbons (Fsp3) is 0.625. The fourth-order valence-electron chi connectivity index (χ4n) is 3.27. The first-order valence-corrected chi connectivity index (χ1v) is 7.20. The van der Waals surface area contributed by atoms with Gasteiger partial charge in [-0.05, 0) is 37.8 Å². The first kappa shape index (κ1) is 12.2. The van der Waals surface area contributed by atoms with E-state index in [1.807, 2.05) is 0 Å². The number of piperazine rings is 1. The van der Waals surface area contributed by atoms with Crippen molar-refractivity contribution in [2.24, 2.45) is 0 Å². The average molecular weight is 244 g/mol. The maximum absolute atomic E-state index is 3.44. The smallest absolute Gasteiger partial charge is 0.0108 e. The van der Waals surface area contributed by atoms with Crippen LogP contribution in [0.2, 0.25) is 0 Å². The second kappa shape index (κ2) is 4.67. The van der Waals surface area contributed by atoms with Crippen LogP contribution in [0.1, 0.15) is 29.5 Å². The topological polar surface area (TPSA) is 15.3 Å². The van der Waals surface area contributed by atoms with Crippen molar-refractivity contribution in [3.8, 4) is 0 Å². The molecule has 1 aromatic carbocycles. The molecular formula is C16H24N2. The van der Waals surface area contributed by atoms with Gasteiger partial charge in [0.2, 0.25) is 0 Å². The molecule has 2 aliphatic rings. The van der Waals surface area contributed by atoms with Crippen LogP contribution in [-0.4, -0.2) is 37.6 Å². The highest BCUT2D eigenvalue weighted by Gasteiger charge is 2.46. The first-order valence-electron chi connectivity index (χ1n) is 7.20. The van der Waals surface area contributed by atoms with Crippen molar-refractivity contribution in [2.75, 3.05) is 32.7 Å². The molecule has 0 radical (unpaired) electrons. The molecule has 98 valence electrons. The van der Waals surface area contributed by atoms with E-state index in [9.17, 15) is 0 Å². The highest BCUT2D eigenvalue weighted by molar-refractivity contribution is 5.40. The van der Waals surface area contributed by atoms with Crippen LogP contribution in [-0.2, 0) is 5.41 Å². The molecule has 2 nitrogen and oxygen atoms in total. The minimum Gasteiger partial charge on any atom is -0.314 e. The Balaban J connectivity index is 1.79. The van der Waals surface area contributed by atoms with Gasteiger partial charge in [-0.2, -0.15) is 0 Å². The van der Waals surface area contributed by atoms with E-state index >= 15 is 0 Å². The number of hydrogen-bond acceptors (Lipinski definition) is 2. The molecule has 1 aromatic rings. The molecule has 1 saturated carbocycles. The maximum Gasteiger partial charge on any atom is 0.0108 e. The fourth-order valence-corrected chi connectivity index (χ4v) is 3.27. The molecule has 0 atom stereocenters. The second-order valence-electron chi connectivity index (χ2n) is 6.12. The summed E-state index contributed by atoms with van der Waals surface area (Å²) < 4.78 is 0. The van der Waals surface area contributed by atoms with Gasteiger partial charge < -0.3 is 5.32 Å². The molecule has 2 fully saturated rings. The molecule has 0 aromatic heterocycles. The van der Waals surface area contributed by atoms with Crippen molar-refractivity contribution in [1.82, 2.24) is 10.2 Å². The summed E-state index contributed by atoms with van der Waals surface area (Å²) >= 11 is 0. The lowest BCUT2D eigenvalue weighted by molar-refractivity contribution is 0.220. The monoisotopic (exact) mass is 244 g/mol. The van der Waals surface area contributed by atoms with Crippen LogP contribution in [0.4, 0.5) is 0 Å². The summed E-state index contributed by atoms with van der Waals surface area (Å²) in [5.74, 6) is 0. The van der Waals surface area contributed by atoms with Gasteiger partial charge >= 0.3 is 0 Å². The van der Waals surface area contributed by atoms with Crippen LogP contribution in [0.3, 0.4) is 0 Å². The Morgan fingerprint density at radius 1 is 1.17 bits per heavy atom. The first-order chi connectivity index (χ1) is 8.70. The Bertz CT molecular complexity index is 429. The van der Waals surface area contributed by atoms with E-state index in [1.54, 1.807) is 5.56 Å². The van der Waals surface area contributed by atoms with Crippen LogP contribution in [0, 0.1) is 13.8 Å². The van der Waals surface area contributed by atoms with Gasteiger partial charge in [-0.1, -0.05) is 23.8 Å². The van der Waals surface area contributed by atoms with Gasteiger partial charge in [0.05, 0.1) is 0 Å². The third-order valence-electron chi connectivity index (χ3n) is 4.55. The molecule has 1 saturated heterocycles. The predicted molar refractivity (Wildman–Crippen MR) is 76.1 cm³/mol. The largest absolute Gasteiger partial charge is 0.314 e. The Morgan fingerprint density at radius 3 is 2.56 bits per heavy atom. The van der Waals surface area contributed by atoms with Crippen LogP contribution in [0.5, 0.6) is 0 Å². The van der Waals surface area contributed by atoms with E-state index in [2.05, 4.69) is 42.3 Å². The van der Waals surface area contributed by atoms with Crippen LogP contribution >= 0.6 is 0 Å². The van der Waals surface area contributed by atoms with E-state index in [0.29, 0.717) is 5.41 Å². The van der Waals surface area contributed by atoms with Gasteiger partial charge in [0.15, 0.2) is 0 Å². The summed E-state index contributed by atoms with van der Waals surface area (Å²) in [6, 6.07) is 6.95. The molecule has 3 rings (SSSR count). The molecule has 0 unspecified atom stereocenters. The van der Waals surface area contributed by atoms with Crippen LogP contribution in [0.15, 0.2) is 18.2 Å². The van der Waals surface area contributed by atoms with Gasteiger partial charge in [-0.25, -0.2) is 0 Å². The molecule has 1 N–H and O–H groups in total. The zero-order chi connectivity index (χ0) is 12.6. The highest BCUT2D eigenvalue weighted by Crippen LogP contribution is 2.50. The van der Waals surface area contributed by atoms with Crippen LogP contribution in [0.25, 0.3) is 0 Å². The number of aryl methyl sites for hydroxylation is 2. The summed E-state index contributed by atoms with van der Waals surface area (Å²) in [6.07, 6.45) is 2.75. The summed E-state index contributed by atoms with van der Waals surface area (Å²) in [6.45, 7) is 10.5. The Kier molecular flexibility index (Phi) is 3.16. The van der Waals surface area contributed by atoms with Gasteiger partial charge in [-0.15, -0.1) is 0 Å². The Labute approximate surface area is 110 Å². The maximum atomic E-state index is 3.44. The summed E-state index contributed by atoms with van der Waals surface area (Å²) in [4.78, 5) is 2.64. The lowest BCUT2D eigenvalue weighted by Crippen LogP contribution is -2.46. The van der Waals surface area contributed by atoms with Crippen molar-refractivity contribution in [3.63, 3.8) is 0 Å². The molecule has 2 heteroatoms.